The number of ketones is 1. The van der Waals surface area contributed by atoms with Crippen molar-refractivity contribution in [2.45, 2.75) is 162 Å². The van der Waals surface area contributed by atoms with E-state index in [4.69, 9.17) is 29.5 Å². The number of Topliss-reactive ketones (excluding diaryl/α,β-unsaturated/α-hetero) is 1. The standard InChI is InChI=1S/2C9H16N2O2.C9H14N2O.C8H12N2O.C7H13NO2.C3H7NO.C3H6NO.I3.2Li/c1-7-6-9(12,13-10-7)8-4-3-5-11(8)2;1-7(10-13)6-9(12)8-4-3-5-11(8)2;1-7-6-9(12-10-7)8-4-3-5-11(8)2;1-6-5-8(11-10-6)7-3-2-4-9-7;1-8-5-3-4-6(8)7(9)10-2;2*1-3(2)4-5;1-3-2;;/h8,12H,3-6H2,1-2H3;8,13H,3-6H2,1-2H3;6,8H,3-5H2,1-2H3;5,7,9H,2-4H2,1H3;6H,3-5H2,1-2H3;5H,1-2H3;5H,1H2,2H3;;;/q;;;;;;2*-1;2*+1/p-1/b;10-7-;;;;;4-3+;;;. The van der Waals surface area contributed by atoms with Crippen LogP contribution in [0.2, 0.25) is 0 Å². The van der Waals surface area contributed by atoms with E-state index in [0.717, 1.165) is 93.3 Å². The summed E-state index contributed by atoms with van der Waals surface area (Å²) in [5.74, 6) is 1.01. The molecule has 26 heteroatoms. The first-order chi connectivity index (χ1) is 34.1. The number of rotatable bonds is 7. The number of carbonyl (C=O) groups is 2. The Morgan fingerprint density at radius 2 is 1.31 bits per heavy atom. The Labute approximate surface area is 494 Å². The van der Waals surface area contributed by atoms with Crippen LogP contribution in [0.4, 0.5) is 0 Å². The fraction of sp³-hybridized carbons (Fsp3) is 0.729. The van der Waals surface area contributed by atoms with Crippen LogP contribution in [0.3, 0.4) is 0 Å². The van der Waals surface area contributed by atoms with Gasteiger partial charge in [0, 0.05) is 18.6 Å². The number of oxime groups is 3. The molecule has 6 aliphatic rings. The summed E-state index contributed by atoms with van der Waals surface area (Å²) in [7, 11) is 9.51. The van der Waals surface area contributed by atoms with Crippen molar-refractivity contribution >= 4 is 71.8 Å². The zero-order valence-corrected chi connectivity index (χ0v) is 53.0. The zero-order valence-electron chi connectivity index (χ0n) is 46.6. The summed E-state index contributed by atoms with van der Waals surface area (Å²) in [6.45, 7) is 21.0. The Balaban J connectivity index is 0. The van der Waals surface area contributed by atoms with Crippen LogP contribution in [0.15, 0.2) is 41.8 Å². The Morgan fingerprint density at radius 1 is 0.824 bits per heavy atom. The summed E-state index contributed by atoms with van der Waals surface area (Å²) < 4.78 is 15.0. The van der Waals surface area contributed by atoms with Crippen LogP contribution in [-0.2, 0) is 19.2 Å². The molecule has 0 saturated carbocycles. The molecule has 74 heavy (non-hydrogen) atoms. The van der Waals surface area contributed by atoms with Gasteiger partial charge in [-0.15, -0.1) is 5.71 Å². The average molecular weight is 1370 g/mol. The van der Waals surface area contributed by atoms with Crippen molar-refractivity contribution in [1.82, 2.24) is 35.2 Å². The molecule has 6 atom stereocenters. The third-order valence-corrected chi connectivity index (χ3v) is 12.3. The number of ether oxygens (including phenoxy) is 1. The van der Waals surface area contributed by atoms with Crippen molar-refractivity contribution in [2.24, 2.45) is 20.6 Å². The molecule has 0 amide bonds. The van der Waals surface area contributed by atoms with Gasteiger partial charge in [0.1, 0.15) is 6.04 Å². The molecule has 8 heterocycles. The molecule has 0 radical (unpaired) electrons. The molecular formula is C48H83I3Li2N11O10-. The minimum atomic E-state index is -1.06. The SMILES string of the molecule is C/C(CC(=O)C1CCCN1C)=N/O.CC(C)=NO.CC1=NOC(O)(C2CCCN2C)C1.COC(=O)C1CCCN1C.Cc1cc(C2CCCN2)on1.Cc1cc(C2CCCN2C)on1.I[I-]I.[CH2-]/C(C)=N\[O-].[Li+].[Li+]. The van der Waals surface area contributed by atoms with Crippen molar-refractivity contribution < 1.29 is 94.7 Å². The van der Waals surface area contributed by atoms with Gasteiger partial charge in [0.2, 0.25) is 0 Å². The van der Waals surface area contributed by atoms with E-state index >= 15 is 0 Å². The summed E-state index contributed by atoms with van der Waals surface area (Å²) in [5, 5.41) is 58.6. The number of hydrogen-bond donors (Lipinski definition) is 4. The number of likely N-dealkylation sites (tertiary alicyclic amines) is 4. The number of carbonyl (C=O) groups excluding carboxylic acids is 2. The molecule has 5 saturated heterocycles. The Hall–Kier alpha value is -1.55. The molecule has 0 spiro atoms. The summed E-state index contributed by atoms with van der Waals surface area (Å²) in [6.07, 6.45) is 11.9. The summed E-state index contributed by atoms with van der Waals surface area (Å²) in [5.41, 5.74) is 4.32. The van der Waals surface area contributed by atoms with E-state index in [1.54, 1.807) is 27.7 Å². The molecule has 2 aromatic heterocycles. The van der Waals surface area contributed by atoms with Gasteiger partial charge in [0.25, 0.3) is 5.79 Å². The molecular weight excluding hydrogens is 1290 g/mol. The molecule has 8 rings (SSSR count). The molecule has 6 unspecified atom stereocenters. The van der Waals surface area contributed by atoms with Crippen LogP contribution in [0.1, 0.15) is 147 Å². The smallest absolute Gasteiger partial charge is 0.794 e. The molecule has 0 aliphatic carbocycles. The predicted octanol–water partition coefficient (Wildman–Crippen LogP) is -0.715. The van der Waals surface area contributed by atoms with Gasteiger partial charge in [0.05, 0.1) is 66.2 Å². The van der Waals surface area contributed by atoms with Crippen molar-refractivity contribution in [3.63, 3.8) is 0 Å². The maximum Gasteiger partial charge on any atom is 1.00 e. The Bertz CT molecular complexity index is 1960. The van der Waals surface area contributed by atoms with Crippen LogP contribution in [0.25, 0.3) is 0 Å². The number of aryl methyl sites for hydroxylation is 2. The number of aliphatic hydroxyl groups is 1. The van der Waals surface area contributed by atoms with Gasteiger partial charge in [-0.2, -0.15) is 0 Å². The van der Waals surface area contributed by atoms with E-state index in [-0.39, 0.29) is 74.0 Å². The van der Waals surface area contributed by atoms with Gasteiger partial charge in [-0.3, -0.25) is 29.2 Å². The van der Waals surface area contributed by atoms with Gasteiger partial charge in [-0.1, -0.05) is 32.7 Å². The Kier molecular flexibility index (Phi) is 41.8. The van der Waals surface area contributed by atoms with Gasteiger partial charge in [0.15, 0.2) is 17.3 Å². The van der Waals surface area contributed by atoms with Crippen LogP contribution >= 0.6 is 37.2 Å². The topological polar surface area (TPSA) is 263 Å². The first kappa shape index (κ1) is 74.5. The first-order valence-corrected chi connectivity index (χ1v) is 36.8. The van der Waals surface area contributed by atoms with E-state index in [0.29, 0.717) is 48.9 Å². The number of halogens is 3. The molecule has 2 aromatic rings. The number of methoxy groups -OCH3 is 1. The monoisotopic (exact) mass is 1370 g/mol. The van der Waals surface area contributed by atoms with E-state index in [2.05, 4.69) is 107 Å². The van der Waals surface area contributed by atoms with E-state index in [1.807, 2.05) is 58.9 Å². The number of hydrogen-bond acceptors (Lipinski definition) is 21. The predicted molar refractivity (Wildman–Crippen MR) is 295 cm³/mol. The van der Waals surface area contributed by atoms with Gasteiger partial charge >= 0.3 is 94.2 Å². The largest absolute Gasteiger partial charge is 1.00 e. The van der Waals surface area contributed by atoms with Gasteiger partial charge < -0.3 is 56.7 Å². The fourth-order valence-electron chi connectivity index (χ4n) is 8.60. The number of nitrogens with one attached hydrogen (secondary N) is 1. The normalized spacial score (nSPS) is 24.4. The molecule has 414 valence electrons. The quantitative estimate of drug-likeness (QED) is 0.0508. The van der Waals surface area contributed by atoms with Crippen LogP contribution in [-0.4, -0.2) is 172 Å². The average Bonchev–Trinajstić information content (AvgIpc) is 4.20. The van der Waals surface area contributed by atoms with Gasteiger partial charge in [-0.05, 0) is 167 Å². The van der Waals surface area contributed by atoms with E-state index in [9.17, 15) is 14.7 Å². The molecule has 4 N–H and O–H groups in total. The van der Waals surface area contributed by atoms with E-state index in [1.165, 1.54) is 39.3 Å². The fourth-order valence-corrected chi connectivity index (χ4v) is 8.60. The second-order valence-electron chi connectivity index (χ2n) is 18.8. The van der Waals surface area contributed by atoms with Crippen LogP contribution < -0.4 is 56.3 Å². The summed E-state index contributed by atoms with van der Waals surface area (Å²) >= 11 is 5.30. The maximum absolute atomic E-state index is 11.6. The third kappa shape index (κ3) is 28.9. The van der Waals surface area contributed by atoms with Crippen molar-refractivity contribution in [3.8, 4) is 0 Å². The van der Waals surface area contributed by atoms with Crippen molar-refractivity contribution in [1.29, 1.82) is 0 Å². The van der Waals surface area contributed by atoms with E-state index < -0.39 is 5.79 Å². The number of likely N-dealkylation sites (N-methyl/N-ethyl adjacent to an activating group) is 3. The zero-order chi connectivity index (χ0) is 54.4. The summed E-state index contributed by atoms with van der Waals surface area (Å²) in [4.78, 5) is 36.2. The van der Waals surface area contributed by atoms with Crippen molar-refractivity contribution in [3.05, 3.63) is 47.2 Å². The molecule has 5 fully saturated rings. The number of aromatic nitrogens is 2. The molecule has 0 aromatic carbocycles. The minimum absolute atomic E-state index is 0. The van der Waals surface area contributed by atoms with Crippen LogP contribution in [0.5, 0.6) is 0 Å². The maximum atomic E-state index is 11.6. The third-order valence-electron chi connectivity index (χ3n) is 12.3. The molecule has 0 bridgehead atoms. The second-order valence-corrected chi connectivity index (χ2v) is 35.1. The van der Waals surface area contributed by atoms with Gasteiger partial charge in [-0.25, -0.2) is 0 Å². The number of nitrogens with zero attached hydrogens (tertiary/aromatic N) is 10. The molecule has 6 aliphatic heterocycles. The minimum Gasteiger partial charge on any atom is -0.794 e. The molecule has 21 nitrogen and oxygen atoms in total. The second kappa shape index (κ2) is 41.5. The summed E-state index contributed by atoms with van der Waals surface area (Å²) in [6, 6.07) is 5.08. The first-order valence-electron chi connectivity index (χ1n) is 24.3. The van der Waals surface area contributed by atoms with Crippen LogP contribution in [0, 0.1) is 26.0 Å². The van der Waals surface area contributed by atoms with Crippen molar-refractivity contribution in [2.75, 3.05) is 68.0 Å². The Morgan fingerprint density at radius 3 is 1.66 bits per heavy atom. The number of esters is 1.